The number of aliphatic carboxylic acids is 1. The number of carbonyl (C=O) groups excluding carboxylic acids is 1. The standard InChI is InChI=1S/C21H37NO4/c1-4-5-8-11-17(23)13-14-18-21(2,3)16-19(24)22(18)15-10-7-6-9-12-20(25)26/h13-14,17-18,23H,4-12,15-16H2,1-3H3,(H,25,26). The van der Waals surface area contributed by atoms with Crippen molar-refractivity contribution in [3.8, 4) is 0 Å². The van der Waals surface area contributed by atoms with Crippen LogP contribution >= 0.6 is 0 Å². The second kappa shape index (κ2) is 11.4. The van der Waals surface area contributed by atoms with Crippen LogP contribution in [0.2, 0.25) is 0 Å². The summed E-state index contributed by atoms with van der Waals surface area (Å²) in [5, 5.41) is 18.8. The van der Waals surface area contributed by atoms with Crippen molar-refractivity contribution in [2.75, 3.05) is 6.54 Å². The maximum absolute atomic E-state index is 12.4. The molecule has 2 atom stereocenters. The molecule has 1 aliphatic rings. The number of amides is 1. The number of hydrogen-bond acceptors (Lipinski definition) is 3. The molecule has 1 amide bonds. The van der Waals surface area contributed by atoms with Crippen LogP contribution < -0.4 is 0 Å². The number of nitrogens with zero attached hydrogens (tertiary/aromatic N) is 1. The normalized spacial score (nSPS) is 20.8. The fourth-order valence-corrected chi connectivity index (χ4v) is 3.65. The van der Waals surface area contributed by atoms with Gasteiger partial charge in [0.1, 0.15) is 0 Å². The summed E-state index contributed by atoms with van der Waals surface area (Å²) in [6.45, 7) is 7.07. The molecule has 0 spiro atoms. The van der Waals surface area contributed by atoms with E-state index in [2.05, 4.69) is 20.8 Å². The van der Waals surface area contributed by atoms with E-state index in [9.17, 15) is 14.7 Å². The van der Waals surface area contributed by atoms with E-state index >= 15 is 0 Å². The number of hydrogen-bond donors (Lipinski definition) is 2. The Balaban J connectivity index is 2.50. The smallest absolute Gasteiger partial charge is 0.303 e. The summed E-state index contributed by atoms with van der Waals surface area (Å²) in [5.74, 6) is -0.570. The van der Waals surface area contributed by atoms with E-state index in [1.54, 1.807) is 0 Å². The van der Waals surface area contributed by atoms with Gasteiger partial charge in [0, 0.05) is 19.4 Å². The molecule has 150 valence electrons. The Hall–Kier alpha value is -1.36. The summed E-state index contributed by atoms with van der Waals surface area (Å²) in [6.07, 6.45) is 11.7. The number of aliphatic hydroxyl groups is 1. The Labute approximate surface area is 158 Å². The van der Waals surface area contributed by atoms with E-state index in [1.165, 1.54) is 0 Å². The van der Waals surface area contributed by atoms with Crippen LogP contribution in [0.15, 0.2) is 12.2 Å². The first-order valence-corrected chi connectivity index (χ1v) is 10.2. The van der Waals surface area contributed by atoms with Crippen LogP contribution in [0.4, 0.5) is 0 Å². The summed E-state index contributed by atoms with van der Waals surface area (Å²) >= 11 is 0. The van der Waals surface area contributed by atoms with Gasteiger partial charge in [0.15, 0.2) is 0 Å². The van der Waals surface area contributed by atoms with Crippen LogP contribution in [0, 0.1) is 5.41 Å². The van der Waals surface area contributed by atoms with Gasteiger partial charge in [0.2, 0.25) is 5.91 Å². The lowest BCUT2D eigenvalue weighted by Crippen LogP contribution is -2.37. The average Bonchev–Trinajstić information content (AvgIpc) is 2.77. The number of aliphatic hydroxyl groups excluding tert-OH is 1. The highest BCUT2D eigenvalue weighted by atomic mass is 16.4. The van der Waals surface area contributed by atoms with Gasteiger partial charge in [-0.05, 0) is 24.7 Å². The molecule has 0 radical (unpaired) electrons. The van der Waals surface area contributed by atoms with Crippen molar-refractivity contribution < 1.29 is 19.8 Å². The zero-order chi connectivity index (χ0) is 19.6. The first-order valence-electron chi connectivity index (χ1n) is 10.2. The van der Waals surface area contributed by atoms with Crippen LogP contribution in [0.3, 0.4) is 0 Å². The maximum Gasteiger partial charge on any atom is 0.303 e. The Morgan fingerprint density at radius 3 is 2.58 bits per heavy atom. The monoisotopic (exact) mass is 367 g/mol. The summed E-state index contributed by atoms with van der Waals surface area (Å²) in [7, 11) is 0. The van der Waals surface area contributed by atoms with Crippen molar-refractivity contribution in [1.82, 2.24) is 4.90 Å². The third-order valence-corrected chi connectivity index (χ3v) is 5.22. The lowest BCUT2D eigenvalue weighted by molar-refractivity contribution is -0.137. The molecule has 0 aliphatic carbocycles. The van der Waals surface area contributed by atoms with Crippen molar-refractivity contribution in [3.05, 3.63) is 12.2 Å². The van der Waals surface area contributed by atoms with Gasteiger partial charge >= 0.3 is 5.97 Å². The fraction of sp³-hybridized carbons (Fsp3) is 0.810. The summed E-state index contributed by atoms with van der Waals surface area (Å²) < 4.78 is 0. The van der Waals surface area contributed by atoms with Crippen LogP contribution in [0.5, 0.6) is 0 Å². The van der Waals surface area contributed by atoms with E-state index in [1.807, 2.05) is 17.1 Å². The average molecular weight is 368 g/mol. The topological polar surface area (TPSA) is 77.8 Å². The van der Waals surface area contributed by atoms with E-state index in [-0.39, 0.29) is 23.8 Å². The number of rotatable bonds is 13. The second-order valence-electron chi connectivity index (χ2n) is 8.20. The number of likely N-dealkylation sites (tertiary alicyclic amines) is 1. The zero-order valence-corrected chi connectivity index (χ0v) is 16.7. The van der Waals surface area contributed by atoms with E-state index in [0.29, 0.717) is 19.4 Å². The Kier molecular flexibility index (Phi) is 9.92. The Morgan fingerprint density at radius 1 is 1.23 bits per heavy atom. The molecule has 0 bridgehead atoms. The lowest BCUT2D eigenvalue weighted by atomic mass is 9.84. The minimum Gasteiger partial charge on any atom is -0.481 e. The van der Waals surface area contributed by atoms with Crippen molar-refractivity contribution >= 4 is 11.9 Å². The quantitative estimate of drug-likeness (QED) is 0.379. The summed E-state index contributed by atoms with van der Waals surface area (Å²) in [4.78, 5) is 24.9. The third-order valence-electron chi connectivity index (χ3n) is 5.22. The highest BCUT2D eigenvalue weighted by Gasteiger charge is 2.43. The molecule has 0 aromatic carbocycles. The minimum atomic E-state index is -0.746. The van der Waals surface area contributed by atoms with Gasteiger partial charge in [0.05, 0.1) is 12.1 Å². The van der Waals surface area contributed by atoms with Gasteiger partial charge in [-0.2, -0.15) is 0 Å². The molecule has 1 rings (SSSR count). The van der Waals surface area contributed by atoms with Gasteiger partial charge in [0.25, 0.3) is 0 Å². The van der Waals surface area contributed by atoms with Gasteiger partial charge in [-0.25, -0.2) is 0 Å². The largest absolute Gasteiger partial charge is 0.481 e. The molecule has 0 aromatic rings. The summed E-state index contributed by atoms with van der Waals surface area (Å²) in [6, 6.07) is 0.0230. The molecule has 5 nitrogen and oxygen atoms in total. The Bertz CT molecular complexity index is 473. The molecular weight excluding hydrogens is 330 g/mol. The predicted molar refractivity (Wildman–Crippen MR) is 104 cm³/mol. The molecule has 0 aromatic heterocycles. The SMILES string of the molecule is CCCCCC(O)C=CC1N(CCCCCCC(=O)O)C(=O)CC1(C)C. The zero-order valence-electron chi connectivity index (χ0n) is 16.7. The van der Waals surface area contributed by atoms with Crippen molar-refractivity contribution in [2.24, 2.45) is 5.41 Å². The van der Waals surface area contributed by atoms with Crippen molar-refractivity contribution in [3.63, 3.8) is 0 Å². The minimum absolute atomic E-state index is 0.0230. The molecule has 5 heteroatoms. The first-order chi connectivity index (χ1) is 12.3. The predicted octanol–water partition coefficient (Wildman–Crippen LogP) is 4.15. The van der Waals surface area contributed by atoms with Gasteiger partial charge in [-0.1, -0.05) is 65.0 Å². The molecule has 1 saturated heterocycles. The van der Waals surface area contributed by atoms with Gasteiger partial charge in [-0.3, -0.25) is 9.59 Å². The van der Waals surface area contributed by atoms with Crippen molar-refractivity contribution in [2.45, 2.75) is 97.1 Å². The lowest BCUT2D eigenvalue weighted by Gasteiger charge is -2.30. The number of unbranched alkanes of at least 4 members (excludes halogenated alkanes) is 5. The molecular formula is C21H37NO4. The molecule has 1 fully saturated rings. The van der Waals surface area contributed by atoms with Crippen molar-refractivity contribution in [1.29, 1.82) is 0 Å². The van der Waals surface area contributed by atoms with Crippen LogP contribution in [0.1, 0.15) is 85.0 Å². The number of carbonyl (C=O) groups is 2. The third kappa shape index (κ3) is 7.90. The van der Waals surface area contributed by atoms with E-state index < -0.39 is 12.1 Å². The highest BCUT2D eigenvalue weighted by Crippen LogP contribution is 2.38. The highest BCUT2D eigenvalue weighted by molar-refractivity contribution is 5.80. The molecule has 2 N–H and O–H groups in total. The molecule has 0 saturated carbocycles. The van der Waals surface area contributed by atoms with E-state index in [4.69, 9.17) is 5.11 Å². The summed E-state index contributed by atoms with van der Waals surface area (Å²) in [5.41, 5.74) is -0.125. The molecule has 26 heavy (non-hydrogen) atoms. The molecule has 1 heterocycles. The van der Waals surface area contributed by atoms with Gasteiger partial charge in [-0.15, -0.1) is 0 Å². The molecule has 1 aliphatic heterocycles. The van der Waals surface area contributed by atoms with E-state index in [0.717, 1.165) is 44.9 Å². The van der Waals surface area contributed by atoms with Crippen LogP contribution in [-0.4, -0.2) is 45.7 Å². The Morgan fingerprint density at radius 2 is 1.92 bits per heavy atom. The molecule has 2 unspecified atom stereocenters. The fourth-order valence-electron chi connectivity index (χ4n) is 3.65. The van der Waals surface area contributed by atoms with Gasteiger partial charge < -0.3 is 15.1 Å². The first kappa shape index (κ1) is 22.7. The van der Waals surface area contributed by atoms with Crippen LogP contribution in [0.25, 0.3) is 0 Å². The number of carboxylic acid groups (broad SMARTS) is 1. The number of carboxylic acids is 1. The second-order valence-corrected chi connectivity index (χ2v) is 8.20. The maximum atomic E-state index is 12.4. The van der Waals surface area contributed by atoms with Crippen LogP contribution in [-0.2, 0) is 9.59 Å².